The number of piperazine rings is 1. The Balaban J connectivity index is 1.46. The average Bonchev–Trinajstić information content (AvgIpc) is 3.31. The molecule has 1 unspecified atom stereocenters. The monoisotopic (exact) mass is 429 g/mol. The van der Waals surface area contributed by atoms with E-state index in [1.54, 1.807) is 17.0 Å². The zero-order chi connectivity index (χ0) is 20.9. The Morgan fingerprint density at radius 3 is 2.33 bits per heavy atom. The van der Waals surface area contributed by atoms with E-state index in [9.17, 15) is 9.59 Å². The van der Waals surface area contributed by atoms with Crippen LogP contribution in [0.4, 0.5) is 0 Å². The van der Waals surface area contributed by atoms with E-state index in [1.165, 1.54) is 25.5 Å². The van der Waals surface area contributed by atoms with Crippen LogP contribution in [0.25, 0.3) is 0 Å². The molecule has 1 aliphatic heterocycles. The third kappa shape index (κ3) is 4.87. The fraction of sp³-hybridized carbons (Fsp3) is 0.478. The molecule has 1 N–H and O–H groups in total. The van der Waals surface area contributed by atoms with E-state index in [4.69, 9.17) is 16.0 Å². The largest absolute Gasteiger partial charge is 0.459 e. The van der Waals surface area contributed by atoms with Crippen LogP contribution in [0.15, 0.2) is 47.1 Å². The Morgan fingerprint density at radius 1 is 1.00 bits per heavy atom. The summed E-state index contributed by atoms with van der Waals surface area (Å²) in [6.45, 7) is 2.36. The molecule has 2 fully saturated rings. The first kappa shape index (κ1) is 20.9. The highest BCUT2D eigenvalue weighted by Gasteiger charge is 2.33. The maximum atomic E-state index is 13.3. The molecular formula is C23H28ClN3O3. The first-order chi connectivity index (χ1) is 14.6. The molecule has 1 saturated carbocycles. The minimum atomic E-state index is -0.384. The van der Waals surface area contributed by atoms with Gasteiger partial charge in [0.15, 0.2) is 5.76 Å². The molecule has 2 amide bonds. The fourth-order valence-corrected chi connectivity index (χ4v) is 4.57. The topological polar surface area (TPSA) is 65.8 Å². The standard InChI is InChI=1S/C23H28ClN3O3/c24-18-10-8-17(9-11-18)21(22(28)25-19-5-2-1-3-6-19)26-12-14-27(15-13-26)23(29)20-7-4-16-30-20/h4,7-11,16,19,21H,1-3,5-6,12-15H2,(H,25,28). The van der Waals surface area contributed by atoms with Crippen LogP contribution < -0.4 is 5.32 Å². The number of furan rings is 1. The summed E-state index contributed by atoms with van der Waals surface area (Å²) >= 11 is 6.07. The van der Waals surface area contributed by atoms with Gasteiger partial charge < -0.3 is 14.6 Å². The summed E-state index contributed by atoms with van der Waals surface area (Å²) in [5.41, 5.74) is 0.929. The van der Waals surface area contributed by atoms with Gasteiger partial charge in [0.1, 0.15) is 6.04 Å². The van der Waals surface area contributed by atoms with Crippen LogP contribution in [0, 0.1) is 0 Å². The van der Waals surface area contributed by atoms with Crippen LogP contribution in [-0.2, 0) is 4.79 Å². The summed E-state index contributed by atoms with van der Waals surface area (Å²) in [5.74, 6) is 0.289. The second kappa shape index (κ2) is 9.67. The molecule has 4 rings (SSSR count). The third-order valence-electron chi connectivity index (χ3n) is 6.08. The zero-order valence-electron chi connectivity index (χ0n) is 17.1. The Morgan fingerprint density at radius 2 is 1.70 bits per heavy atom. The number of nitrogens with one attached hydrogen (secondary N) is 1. The van der Waals surface area contributed by atoms with Crippen LogP contribution in [0.1, 0.15) is 54.3 Å². The van der Waals surface area contributed by atoms with Gasteiger partial charge in [-0.25, -0.2) is 0 Å². The van der Waals surface area contributed by atoms with Gasteiger partial charge in [0, 0.05) is 37.2 Å². The van der Waals surface area contributed by atoms with Crippen molar-refractivity contribution in [3.8, 4) is 0 Å². The highest BCUT2D eigenvalue weighted by Crippen LogP contribution is 2.26. The van der Waals surface area contributed by atoms with Gasteiger partial charge in [-0.05, 0) is 42.7 Å². The number of benzene rings is 1. The first-order valence-corrected chi connectivity index (χ1v) is 11.1. The SMILES string of the molecule is O=C(NC1CCCCC1)C(c1ccc(Cl)cc1)N1CCN(C(=O)c2ccco2)CC1. The Kier molecular flexibility index (Phi) is 6.75. The minimum absolute atomic E-state index is 0.0371. The van der Waals surface area contributed by atoms with Crippen molar-refractivity contribution in [2.75, 3.05) is 26.2 Å². The number of rotatable bonds is 5. The number of halogens is 1. The lowest BCUT2D eigenvalue weighted by Gasteiger charge is -2.39. The van der Waals surface area contributed by atoms with Crippen molar-refractivity contribution in [3.05, 3.63) is 59.0 Å². The maximum absolute atomic E-state index is 13.3. The van der Waals surface area contributed by atoms with Crippen molar-refractivity contribution in [1.29, 1.82) is 0 Å². The van der Waals surface area contributed by atoms with Crippen LogP contribution in [0.2, 0.25) is 5.02 Å². The van der Waals surface area contributed by atoms with Crippen LogP contribution >= 0.6 is 11.6 Å². The summed E-state index contributed by atoms with van der Waals surface area (Å²) in [7, 11) is 0. The van der Waals surface area contributed by atoms with Crippen LogP contribution in [0.5, 0.6) is 0 Å². The van der Waals surface area contributed by atoms with E-state index in [1.807, 2.05) is 24.3 Å². The second-order valence-electron chi connectivity index (χ2n) is 8.10. The lowest BCUT2D eigenvalue weighted by atomic mass is 9.94. The van der Waals surface area contributed by atoms with Gasteiger partial charge in [-0.3, -0.25) is 14.5 Å². The average molecular weight is 430 g/mol. The van der Waals surface area contributed by atoms with Gasteiger partial charge in [0.2, 0.25) is 5.91 Å². The summed E-state index contributed by atoms with van der Waals surface area (Å²) in [4.78, 5) is 29.8. The number of carbonyl (C=O) groups excluding carboxylic acids is 2. The van der Waals surface area contributed by atoms with E-state index < -0.39 is 0 Å². The highest BCUT2D eigenvalue weighted by atomic mass is 35.5. The van der Waals surface area contributed by atoms with Crippen molar-refractivity contribution >= 4 is 23.4 Å². The molecule has 7 heteroatoms. The lowest BCUT2D eigenvalue weighted by Crippen LogP contribution is -2.53. The predicted octanol–water partition coefficient (Wildman–Crippen LogP) is 3.88. The van der Waals surface area contributed by atoms with Crippen molar-refractivity contribution in [2.45, 2.75) is 44.2 Å². The third-order valence-corrected chi connectivity index (χ3v) is 6.34. The van der Waals surface area contributed by atoms with Gasteiger partial charge in [-0.2, -0.15) is 0 Å². The molecule has 0 bridgehead atoms. The molecule has 2 heterocycles. The first-order valence-electron chi connectivity index (χ1n) is 10.7. The Bertz CT molecular complexity index is 839. The molecule has 160 valence electrons. The number of nitrogens with zero attached hydrogens (tertiary/aromatic N) is 2. The lowest BCUT2D eigenvalue weighted by molar-refractivity contribution is -0.128. The quantitative estimate of drug-likeness (QED) is 0.783. The van der Waals surface area contributed by atoms with E-state index in [0.717, 1.165) is 18.4 Å². The van der Waals surface area contributed by atoms with Gasteiger partial charge in [-0.1, -0.05) is 43.0 Å². The van der Waals surface area contributed by atoms with E-state index in [2.05, 4.69) is 10.2 Å². The highest BCUT2D eigenvalue weighted by molar-refractivity contribution is 6.30. The molecule has 1 atom stereocenters. The molecular weight excluding hydrogens is 402 g/mol. The summed E-state index contributed by atoms with van der Waals surface area (Å²) < 4.78 is 5.24. The molecule has 0 spiro atoms. The van der Waals surface area contributed by atoms with Gasteiger partial charge in [0.25, 0.3) is 5.91 Å². The molecule has 1 saturated heterocycles. The maximum Gasteiger partial charge on any atom is 0.289 e. The molecule has 30 heavy (non-hydrogen) atoms. The van der Waals surface area contributed by atoms with Crippen molar-refractivity contribution in [1.82, 2.24) is 15.1 Å². The predicted molar refractivity (Wildman–Crippen MR) is 115 cm³/mol. The summed E-state index contributed by atoms with van der Waals surface area (Å²) in [6.07, 6.45) is 7.19. The molecule has 6 nitrogen and oxygen atoms in total. The Hall–Kier alpha value is -2.31. The number of hydrogen-bond donors (Lipinski definition) is 1. The van der Waals surface area contributed by atoms with Crippen molar-refractivity contribution in [2.24, 2.45) is 0 Å². The van der Waals surface area contributed by atoms with Gasteiger partial charge in [-0.15, -0.1) is 0 Å². The van der Waals surface area contributed by atoms with Gasteiger partial charge >= 0.3 is 0 Å². The van der Waals surface area contributed by atoms with Crippen molar-refractivity contribution in [3.63, 3.8) is 0 Å². The second-order valence-corrected chi connectivity index (χ2v) is 8.54. The normalized spacial score (nSPS) is 19.4. The van der Waals surface area contributed by atoms with E-state index in [0.29, 0.717) is 37.0 Å². The van der Waals surface area contributed by atoms with Crippen LogP contribution in [-0.4, -0.2) is 53.8 Å². The van der Waals surface area contributed by atoms with Crippen molar-refractivity contribution < 1.29 is 14.0 Å². The van der Waals surface area contributed by atoms with Gasteiger partial charge in [0.05, 0.1) is 6.26 Å². The Labute approximate surface area is 182 Å². The summed E-state index contributed by atoms with van der Waals surface area (Å²) in [5, 5.41) is 3.93. The molecule has 1 aromatic heterocycles. The van der Waals surface area contributed by atoms with E-state index >= 15 is 0 Å². The molecule has 2 aromatic rings. The minimum Gasteiger partial charge on any atom is -0.459 e. The van der Waals surface area contributed by atoms with Crippen LogP contribution in [0.3, 0.4) is 0 Å². The number of carbonyl (C=O) groups is 2. The molecule has 2 aliphatic rings. The fourth-order valence-electron chi connectivity index (χ4n) is 4.44. The smallest absolute Gasteiger partial charge is 0.289 e. The number of amides is 2. The summed E-state index contributed by atoms with van der Waals surface area (Å²) in [6, 6.07) is 10.8. The zero-order valence-corrected chi connectivity index (χ0v) is 17.8. The molecule has 0 radical (unpaired) electrons. The molecule has 1 aromatic carbocycles. The van der Waals surface area contributed by atoms with E-state index in [-0.39, 0.29) is 23.9 Å². The molecule has 1 aliphatic carbocycles. The number of hydrogen-bond acceptors (Lipinski definition) is 4.